The molecule has 1 aliphatic heterocycles. The number of hydrogen-bond acceptors (Lipinski definition) is 5. The first-order chi connectivity index (χ1) is 12.1. The van der Waals surface area contributed by atoms with Crippen molar-refractivity contribution in [2.75, 3.05) is 19.8 Å². The Balaban J connectivity index is 1.62. The zero-order chi connectivity index (χ0) is 17.4. The second-order valence-electron chi connectivity index (χ2n) is 6.05. The molecule has 1 aromatic carbocycles. The number of fused-ring (bicyclic) bond motifs is 1. The van der Waals surface area contributed by atoms with Crippen LogP contribution < -0.4 is 5.76 Å². The molecular formula is C17H18N4O4. The standard InChI is InChI=1S/C17H18N4O4/c1-11-8-18-16(19-11)13-10-24-7-6-20(13)15(22)9-21-12-4-2-3-5-14(12)25-17(21)23/h2-5,8,13H,6-7,9-10H2,1H3,(H,18,19). The van der Waals surface area contributed by atoms with Crippen LogP contribution in [0.15, 0.2) is 39.7 Å². The molecule has 0 saturated carbocycles. The van der Waals surface area contributed by atoms with E-state index in [1.165, 1.54) is 4.57 Å². The highest BCUT2D eigenvalue weighted by atomic mass is 16.5. The number of para-hydroxylation sites is 2. The number of H-pyrrole nitrogens is 1. The molecule has 8 heteroatoms. The van der Waals surface area contributed by atoms with E-state index in [-0.39, 0.29) is 18.5 Å². The number of morpholine rings is 1. The van der Waals surface area contributed by atoms with Crippen LogP contribution in [0.4, 0.5) is 0 Å². The lowest BCUT2D eigenvalue weighted by molar-refractivity contribution is -0.141. The third-order valence-corrected chi connectivity index (χ3v) is 4.35. The Morgan fingerprint density at radius 2 is 2.24 bits per heavy atom. The number of amides is 1. The molecule has 8 nitrogen and oxygen atoms in total. The number of aromatic amines is 1. The Kier molecular flexibility index (Phi) is 3.89. The van der Waals surface area contributed by atoms with Gasteiger partial charge in [-0.25, -0.2) is 9.78 Å². The van der Waals surface area contributed by atoms with Crippen molar-refractivity contribution in [3.05, 3.63) is 52.5 Å². The highest BCUT2D eigenvalue weighted by Crippen LogP contribution is 2.22. The van der Waals surface area contributed by atoms with Gasteiger partial charge in [-0.05, 0) is 19.1 Å². The number of benzene rings is 1. The molecule has 25 heavy (non-hydrogen) atoms. The van der Waals surface area contributed by atoms with Crippen molar-refractivity contribution < 1.29 is 13.9 Å². The normalized spacial score (nSPS) is 18.0. The minimum atomic E-state index is -0.534. The Morgan fingerprint density at radius 1 is 1.40 bits per heavy atom. The van der Waals surface area contributed by atoms with Gasteiger partial charge in [-0.15, -0.1) is 0 Å². The molecule has 1 unspecified atom stereocenters. The predicted molar refractivity (Wildman–Crippen MR) is 89.1 cm³/mol. The average Bonchev–Trinajstić information content (AvgIpc) is 3.19. The molecule has 3 heterocycles. The van der Waals surface area contributed by atoms with E-state index in [1.54, 1.807) is 35.4 Å². The van der Waals surface area contributed by atoms with Gasteiger partial charge in [0.2, 0.25) is 5.91 Å². The van der Waals surface area contributed by atoms with Crippen LogP contribution in [0.25, 0.3) is 11.1 Å². The topological polar surface area (TPSA) is 93.4 Å². The van der Waals surface area contributed by atoms with Crippen LogP contribution in [0.1, 0.15) is 17.6 Å². The van der Waals surface area contributed by atoms with Crippen molar-refractivity contribution in [2.24, 2.45) is 0 Å². The molecule has 1 amide bonds. The van der Waals surface area contributed by atoms with Gasteiger partial charge in [0.25, 0.3) is 0 Å². The molecule has 4 rings (SSSR count). The second-order valence-corrected chi connectivity index (χ2v) is 6.05. The Labute approximate surface area is 143 Å². The summed E-state index contributed by atoms with van der Waals surface area (Å²) in [6.45, 7) is 3.12. The first-order valence-corrected chi connectivity index (χ1v) is 8.10. The van der Waals surface area contributed by atoms with Gasteiger partial charge < -0.3 is 19.0 Å². The number of nitrogens with zero attached hydrogens (tertiary/aromatic N) is 3. The molecule has 1 aliphatic rings. The van der Waals surface area contributed by atoms with E-state index in [2.05, 4.69) is 9.97 Å². The largest absolute Gasteiger partial charge is 0.420 e. The minimum absolute atomic E-state index is 0.0773. The van der Waals surface area contributed by atoms with Crippen LogP contribution in [0, 0.1) is 6.92 Å². The molecule has 3 aromatic rings. The van der Waals surface area contributed by atoms with Gasteiger partial charge in [-0.3, -0.25) is 9.36 Å². The Morgan fingerprint density at radius 3 is 3.04 bits per heavy atom. The monoisotopic (exact) mass is 342 g/mol. The van der Waals surface area contributed by atoms with Crippen LogP contribution in [-0.2, 0) is 16.1 Å². The number of aryl methyl sites for hydroxylation is 1. The Hall–Kier alpha value is -2.87. The van der Waals surface area contributed by atoms with Crippen molar-refractivity contribution in [1.82, 2.24) is 19.4 Å². The van der Waals surface area contributed by atoms with Crippen molar-refractivity contribution in [1.29, 1.82) is 0 Å². The fraction of sp³-hybridized carbons (Fsp3) is 0.353. The van der Waals surface area contributed by atoms with Gasteiger partial charge in [0, 0.05) is 18.4 Å². The summed E-state index contributed by atoms with van der Waals surface area (Å²) in [6, 6.07) is 6.78. The van der Waals surface area contributed by atoms with E-state index < -0.39 is 5.76 Å². The van der Waals surface area contributed by atoms with Crippen LogP contribution in [0.3, 0.4) is 0 Å². The lowest BCUT2D eigenvalue weighted by Crippen LogP contribution is -2.45. The zero-order valence-corrected chi connectivity index (χ0v) is 13.8. The molecule has 1 atom stereocenters. The third-order valence-electron chi connectivity index (χ3n) is 4.35. The molecule has 0 radical (unpaired) electrons. The summed E-state index contributed by atoms with van der Waals surface area (Å²) in [5.74, 6) is -0.0147. The second kappa shape index (κ2) is 6.21. The number of carbonyl (C=O) groups is 1. The summed E-state index contributed by atoms with van der Waals surface area (Å²) in [4.78, 5) is 34.2. The minimum Gasteiger partial charge on any atom is -0.408 e. The number of oxazole rings is 1. The van der Waals surface area contributed by atoms with Gasteiger partial charge in [-0.1, -0.05) is 12.1 Å². The molecule has 0 spiro atoms. The maximum Gasteiger partial charge on any atom is 0.420 e. The fourth-order valence-corrected chi connectivity index (χ4v) is 3.12. The van der Waals surface area contributed by atoms with Gasteiger partial charge in [0.15, 0.2) is 5.58 Å². The summed E-state index contributed by atoms with van der Waals surface area (Å²) in [5, 5.41) is 0. The summed E-state index contributed by atoms with van der Waals surface area (Å²) in [6.07, 6.45) is 1.72. The van der Waals surface area contributed by atoms with E-state index in [0.717, 1.165) is 5.69 Å². The maximum atomic E-state index is 12.9. The molecule has 1 saturated heterocycles. The molecular weight excluding hydrogens is 324 g/mol. The summed E-state index contributed by atoms with van der Waals surface area (Å²) in [7, 11) is 0. The maximum absolute atomic E-state index is 12.9. The van der Waals surface area contributed by atoms with E-state index in [0.29, 0.717) is 36.7 Å². The molecule has 1 fully saturated rings. The van der Waals surface area contributed by atoms with Gasteiger partial charge in [-0.2, -0.15) is 0 Å². The van der Waals surface area contributed by atoms with Crippen LogP contribution in [-0.4, -0.2) is 45.1 Å². The van der Waals surface area contributed by atoms with Gasteiger partial charge in [0.05, 0.1) is 18.7 Å². The van der Waals surface area contributed by atoms with Crippen LogP contribution >= 0.6 is 0 Å². The summed E-state index contributed by atoms with van der Waals surface area (Å²) in [5.41, 5.74) is 2.00. The number of carbonyl (C=O) groups excluding carboxylic acids is 1. The number of nitrogens with one attached hydrogen (secondary N) is 1. The summed E-state index contributed by atoms with van der Waals surface area (Å²) >= 11 is 0. The van der Waals surface area contributed by atoms with Gasteiger partial charge in [0.1, 0.15) is 18.4 Å². The fourth-order valence-electron chi connectivity index (χ4n) is 3.12. The van der Waals surface area contributed by atoms with Crippen molar-refractivity contribution in [3.8, 4) is 0 Å². The number of rotatable bonds is 3. The number of aromatic nitrogens is 3. The van der Waals surface area contributed by atoms with Crippen molar-refractivity contribution in [2.45, 2.75) is 19.5 Å². The number of imidazole rings is 1. The lowest BCUT2D eigenvalue weighted by Gasteiger charge is -2.34. The first-order valence-electron chi connectivity index (χ1n) is 8.10. The lowest BCUT2D eigenvalue weighted by atomic mass is 10.2. The van der Waals surface area contributed by atoms with Crippen LogP contribution in [0.5, 0.6) is 0 Å². The Bertz CT molecular complexity index is 970. The van der Waals surface area contributed by atoms with Gasteiger partial charge >= 0.3 is 5.76 Å². The van der Waals surface area contributed by atoms with E-state index in [1.807, 2.05) is 6.92 Å². The highest BCUT2D eigenvalue weighted by molar-refractivity contribution is 5.80. The molecule has 2 aromatic heterocycles. The van der Waals surface area contributed by atoms with E-state index in [9.17, 15) is 9.59 Å². The smallest absolute Gasteiger partial charge is 0.408 e. The SMILES string of the molecule is Cc1cnc(C2COCCN2C(=O)Cn2c(=O)oc3ccccc32)[nH]1. The van der Waals surface area contributed by atoms with Crippen molar-refractivity contribution >= 4 is 17.0 Å². The summed E-state index contributed by atoms with van der Waals surface area (Å²) < 4.78 is 12.1. The van der Waals surface area contributed by atoms with E-state index in [4.69, 9.17) is 9.15 Å². The zero-order valence-electron chi connectivity index (χ0n) is 13.8. The molecule has 1 N–H and O–H groups in total. The first kappa shape index (κ1) is 15.6. The highest BCUT2D eigenvalue weighted by Gasteiger charge is 2.31. The average molecular weight is 342 g/mol. The quantitative estimate of drug-likeness (QED) is 0.773. The molecule has 130 valence electrons. The molecule has 0 bridgehead atoms. The van der Waals surface area contributed by atoms with E-state index >= 15 is 0 Å². The number of ether oxygens (including phenoxy) is 1. The van der Waals surface area contributed by atoms with Crippen molar-refractivity contribution in [3.63, 3.8) is 0 Å². The molecule has 0 aliphatic carbocycles. The van der Waals surface area contributed by atoms with Crippen LogP contribution in [0.2, 0.25) is 0 Å². The predicted octanol–water partition coefficient (Wildman–Crippen LogP) is 1.23. The third kappa shape index (κ3) is 2.85. The number of hydrogen-bond donors (Lipinski definition) is 1.